The van der Waals surface area contributed by atoms with Gasteiger partial charge in [0.1, 0.15) is 4.90 Å². The van der Waals surface area contributed by atoms with Gasteiger partial charge in [0, 0.05) is 13.1 Å². The van der Waals surface area contributed by atoms with E-state index in [-0.39, 0.29) is 23.7 Å². The van der Waals surface area contributed by atoms with Crippen molar-refractivity contribution >= 4 is 15.7 Å². The number of anilines is 1. The molecule has 6 nitrogen and oxygen atoms in total. The van der Waals surface area contributed by atoms with E-state index in [1.165, 1.54) is 6.07 Å². The molecule has 100 valence electrons. The molecular formula is C11H16N2O4S. The van der Waals surface area contributed by atoms with E-state index in [4.69, 9.17) is 5.73 Å². The minimum absolute atomic E-state index is 0.0475. The van der Waals surface area contributed by atoms with Gasteiger partial charge >= 0.3 is 0 Å². The van der Waals surface area contributed by atoms with Gasteiger partial charge in [-0.2, -0.15) is 4.31 Å². The predicted octanol–water partition coefficient (Wildman–Crippen LogP) is -0.697. The SMILES string of the molecule is Cc1cccc(N)c1S(=O)(=O)N1CC(O)C(O)C1. The molecule has 0 amide bonds. The number of aliphatic hydroxyl groups is 2. The summed E-state index contributed by atoms with van der Waals surface area (Å²) in [5, 5.41) is 18.9. The van der Waals surface area contributed by atoms with Crippen LogP contribution in [0, 0.1) is 6.92 Å². The lowest BCUT2D eigenvalue weighted by Gasteiger charge is -2.18. The average molecular weight is 272 g/mol. The van der Waals surface area contributed by atoms with Crippen LogP contribution in [0.15, 0.2) is 23.1 Å². The monoisotopic (exact) mass is 272 g/mol. The van der Waals surface area contributed by atoms with Crippen LogP contribution < -0.4 is 5.73 Å². The standard InChI is InChI=1S/C11H16N2O4S/c1-7-3-2-4-8(12)11(7)18(16,17)13-5-9(14)10(15)6-13/h2-4,9-10,14-15H,5-6,12H2,1H3. The number of hydrogen-bond acceptors (Lipinski definition) is 5. The number of nitrogen functional groups attached to an aromatic ring is 1. The molecule has 4 N–H and O–H groups in total. The van der Waals surface area contributed by atoms with Crippen LogP contribution in [-0.4, -0.2) is 48.2 Å². The third-order valence-electron chi connectivity index (χ3n) is 3.07. The van der Waals surface area contributed by atoms with Gasteiger partial charge in [-0.3, -0.25) is 0 Å². The maximum absolute atomic E-state index is 12.4. The van der Waals surface area contributed by atoms with Gasteiger partial charge in [-0.1, -0.05) is 12.1 Å². The van der Waals surface area contributed by atoms with Gasteiger partial charge in [-0.05, 0) is 18.6 Å². The fraction of sp³-hybridized carbons (Fsp3) is 0.455. The van der Waals surface area contributed by atoms with Crippen LogP contribution in [0.4, 0.5) is 5.69 Å². The Hall–Kier alpha value is -1.15. The Kier molecular flexibility index (Phi) is 3.33. The smallest absolute Gasteiger partial charge is 0.245 e. The first kappa shape index (κ1) is 13.3. The first-order valence-corrected chi connectivity index (χ1v) is 6.99. The first-order valence-electron chi connectivity index (χ1n) is 5.55. The minimum atomic E-state index is -3.78. The Morgan fingerprint density at radius 1 is 1.28 bits per heavy atom. The van der Waals surface area contributed by atoms with Crippen LogP contribution in [0.1, 0.15) is 5.56 Å². The van der Waals surface area contributed by atoms with E-state index in [0.29, 0.717) is 5.56 Å². The maximum atomic E-state index is 12.4. The van der Waals surface area contributed by atoms with Crippen molar-refractivity contribution in [2.45, 2.75) is 24.0 Å². The Labute approximate surface area is 106 Å². The van der Waals surface area contributed by atoms with Crippen LogP contribution >= 0.6 is 0 Å². The number of hydrogen-bond donors (Lipinski definition) is 3. The molecule has 1 aliphatic heterocycles. The van der Waals surface area contributed by atoms with E-state index >= 15 is 0 Å². The Bertz CT molecular complexity index is 528. The lowest BCUT2D eigenvalue weighted by atomic mass is 10.2. The molecule has 2 unspecified atom stereocenters. The third-order valence-corrected chi connectivity index (χ3v) is 5.12. The highest BCUT2D eigenvalue weighted by molar-refractivity contribution is 7.89. The summed E-state index contributed by atoms with van der Waals surface area (Å²) in [5.74, 6) is 0. The molecule has 0 aliphatic carbocycles. The zero-order chi connectivity index (χ0) is 13.5. The topological polar surface area (TPSA) is 104 Å². The van der Waals surface area contributed by atoms with Gasteiger partial charge < -0.3 is 15.9 Å². The molecule has 1 aliphatic rings. The number of sulfonamides is 1. The molecule has 1 heterocycles. The van der Waals surface area contributed by atoms with Crippen molar-refractivity contribution in [3.8, 4) is 0 Å². The molecule has 1 fully saturated rings. The summed E-state index contributed by atoms with van der Waals surface area (Å²) in [6.07, 6.45) is -2.10. The second-order valence-electron chi connectivity index (χ2n) is 4.45. The van der Waals surface area contributed by atoms with E-state index in [2.05, 4.69) is 0 Å². The summed E-state index contributed by atoms with van der Waals surface area (Å²) < 4.78 is 25.8. The number of nitrogens with two attached hydrogens (primary N) is 1. The van der Waals surface area contributed by atoms with Crippen molar-refractivity contribution in [2.75, 3.05) is 18.8 Å². The lowest BCUT2D eigenvalue weighted by Crippen LogP contribution is -2.31. The summed E-state index contributed by atoms with van der Waals surface area (Å²) in [6.45, 7) is 1.43. The predicted molar refractivity (Wildman–Crippen MR) is 66.4 cm³/mol. The average Bonchev–Trinajstić information content (AvgIpc) is 2.59. The van der Waals surface area contributed by atoms with Gasteiger partial charge in [0.05, 0.1) is 17.9 Å². The number of aryl methyl sites for hydroxylation is 1. The van der Waals surface area contributed by atoms with Gasteiger partial charge in [0.25, 0.3) is 0 Å². The Balaban J connectivity index is 2.44. The van der Waals surface area contributed by atoms with Crippen molar-refractivity contribution in [1.82, 2.24) is 4.31 Å². The first-order chi connectivity index (χ1) is 8.34. The highest BCUT2D eigenvalue weighted by atomic mass is 32.2. The van der Waals surface area contributed by atoms with E-state index < -0.39 is 22.2 Å². The van der Waals surface area contributed by atoms with Gasteiger partial charge in [0.15, 0.2) is 0 Å². The van der Waals surface area contributed by atoms with Gasteiger partial charge in [-0.15, -0.1) is 0 Å². The van der Waals surface area contributed by atoms with Gasteiger partial charge in [0.2, 0.25) is 10.0 Å². The molecule has 1 aromatic rings. The minimum Gasteiger partial charge on any atom is -0.398 e. The van der Waals surface area contributed by atoms with Crippen LogP contribution in [0.2, 0.25) is 0 Å². The number of aliphatic hydroxyl groups excluding tert-OH is 2. The summed E-state index contributed by atoms with van der Waals surface area (Å²) in [5.41, 5.74) is 6.43. The maximum Gasteiger partial charge on any atom is 0.245 e. The van der Waals surface area contributed by atoms with Crippen LogP contribution in [0.25, 0.3) is 0 Å². The van der Waals surface area contributed by atoms with Crippen molar-refractivity contribution in [3.63, 3.8) is 0 Å². The molecule has 0 saturated carbocycles. The lowest BCUT2D eigenvalue weighted by molar-refractivity contribution is 0.0572. The Morgan fingerprint density at radius 2 is 1.83 bits per heavy atom. The van der Waals surface area contributed by atoms with E-state index in [0.717, 1.165) is 4.31 Å². The Morgan fingerprint density at radius 3 is 2.33 bits per heavy atom. The highest BCUT2D eigenvalue weighted by Crippen LogP contribution is 2.28. The second-order valence-corrected chi connectivity index (χ2v) is 6.32. The molecule has 0 radical (unpaired) electrons. The fourth-order valence-corrected chi connectivity index (χ4v) is 3.89. The summed E-state index contributed by atoms with van der Waals surface area (Å²) in [6, 6.07) is 4.85. The van der Waals surface area contributed by atoms with Crippen LogP contribution in [-0.2, 0) is 10.0 Å². The van der Waals surface area contributed by atoms with Gasteiger partial charge in [-0.25, -0.2) is 8.42 Å². The molecule has 0 aromatic heterocycles. The molecule has 0 bridgehead atoms. The van der Waals surface area contributed by atoms with Crippen LogP contribution in [0.5, 0.6) is 0 Å². The molecule has 1 saturated heterocycles. The largest absolute Gasteiger partial charge is 0.398 e. The molecule has 1 aromatic carbocycles. The summed E-state index contributed by atoms with van der Waals surface area (Å²) >= 11 is 0. The van der Waals surface area contributed by atoms with Crippen molar-refractivity contribution in [3.05, 3.63) is 23.8 Å². The third kappa shape index (κ3) is 2.10. The number of benzene rings is 1. The molecular weight excluding hydrogens is 256 g/mol. The van der Waals surface area contributed by atoms with Crippen molar-refractivity contribution in [2.24, 2.45) is 0 Å². The number of rotatable bonds is 2. The fourth-order valence-electron chi connectivity index (χ4n) is 2.09. The molecule has 2 rings (SSSR count). The zero-order valence-electron chi connectivity index (χ0n) is 9.94. The van der Waals surface area contributed by atoms with E-state index in [1.807, 2.05) is 0 Å². The zero-order valence-corrected chi connectivity index (χ0v) is 10.8. The normalized spacial score (nSPS) is 25.5. The second kappa shape index (κ2) is 4.51. The van der Waals surface area contributed by atoms with Crippen molar-refractivity contribution < 1.29 is 18.6 Å². The van der Waals surface area contributed by atoms with E-state index in [9.17, 15) is 18.6 Å². The van der Waals surface area contributed by atoms with E-state index in [1.54, 1.807) is 19.1 Å². The summed E-state index contributed by atoms with van der Waals surface area (Å²) in [7, 11) is -3.78. The molecule has 0 spiro atoms. The van der Waals surface area contributed by atoms with Crippen LogP contribution in [0.3, 0.4) is 0 Å². The summed E-state index contributed by atoms with van der Waals surface area (Å²) in [4.78, 5) is 0.0475. The van der Waals surface area contributed by atoms with Crippen molar-refractivity contribution in [1.29, 1.82) is 0 Å². The quantitative estimate of drug-likeness (QED) is 0.618. The number of nitrogens with zero attached hydrogens (tertiary/aromatic N) is 1. The number of β-amino-alcohol motifs (C(OH)–C–C–N with tert-alkyl or cyclic N) is 2. The molecule has 2 atom stereocenters. The molecule has 7 heteroatoms. The highest BCUT2D eigenvalue weighted by Gasteiger charge is 2.38. The molecule has 18 heavy (non-hydrogen) atoms.